The lowest BCUT2D eigenvalue weighted by Gasteiger charge is -1.96. The Morgan fingerprint density at radius 1 is 0.688 bits per heavy atom. The normalized spacial score (nSPS) is 36.8. The molecule has 0 aromatic rings. The summed E-state index contributed by atoms with van der Waals surface area (Å²) in [5, 5.41) is 17.6. The number of nitrogens with two attached hydrogens (primary N) is 2. The van der Waals surface area contributed by atoms with E-state index in [9.17, 15) is 0 Å². The van der Waals surface area contributed by atoms with E-state index in [0.29, 0.717) is 0 Å². The summed E-state index contributed by atoms with van der Waals surface area (Å²) >= 11 is 0. The molecular formula is C10H24Cl2N2O2. The quantitative estimate of drug-likeness (QED) is 0.520. The summed E-state index contributed by atoms with van der Waals surface area (Å²) in [6.07, 6.45) is 5.22. The van der Waals surface area contributed by atoms with Crippen LogP contribution in [0.4, 0.5) is 0 Å². The number of hydrogen-bond acceptors (Lipinski definition) is 4. The van der Waals surface area contributed by atoms with Crippen LogP contribution in [0.3, 0.4) is 0 Å². The molecule has 0 bridgehead atoms. The van der Waals surface area contributed by atoms with E-state index in [1.54, 1.807) is 0 Å². The van der Waals surface area contributed by atoms with Crippen LogP contribution in [-0.4, -0.2) is 34.5 Å². The monoisotopic (exact) mass is 274 g/mol. The van der Waals surface area contributed by atoms with Crippen molar-refractivity contribution in [2.45, 2.75) is 62.8 Å². The maximum absolute atomic E-state index is 8.82. The minimum absolute atomic E-state index is 0. The Hall–Kier alpha value is 0.420. The summed E-state index contributed by atoms with van der Waals surface area (Å²) in [4.78, 5) is 0. The minimum atomic E-state index is -0.102. The lowest BCUT2D eigenvalue weighted by molar-refractivity contribution is 0.181. The summed E-state index contributed by atoms with van der Waals surface area (Å²) in [5.74, 6) is 0. The van der Waals surface area contributed by atoms with Gasteiger partial charge in [-0.2, -0.15) is 0 Å². The first-order valence-electron chi connectivity index (χ1n) is 5.45. The van der Waals surface area contributed by atoms with Crippen LogP contribution in [0.1, 0.15) is 38.5 Å². The Balaban J connectivity index is 0. The third-order valence-corrected chi connectivity index (χ3v) is 2.89. The average Bonchev–Trinajstić information content (AvgIpc) is 2.63. The first-order valence-corrected chi connectivity index (χ1v) is 5.45. The summed E-state index contributed by atoms with van der Waals surface area (Å²) in [7, 11) is 0. The molecule has 6 heteroatoms. The highest BCUT2D eigenvalue weighted by molar-refractivity contribution is 5.85. The van der Waals surface area contributed by atoms with Gasteiger partial charge in [-0.25, -0.2) is 0 Å². The van der Waals surface area contributed by atoms with Crippen LogP contribution in [0.25, 0.3) is 0 Å². The highest BCUT2D eigenvalue weighted by Crippen LogP contribution is 2.16. The van der Waals surface area contributed by atoms with Crippen molar-refractivity contribution < 1.29 is 10.2 Å². The molecule has 16 heavy (non-hydrogen) atoms. The van der Waals surface area contributed by atoms with Gasteiger partial charge in [0.25, 0.3) is 0 Å². The SMILES string of the molecule is Cl.Cl.N[C@H]1CC[C@@H](O)C1.N[C@H]1CC[C@@H](O)C1. The van der Waals surface area contributed by atoms with Crippen molar-refractivity contribution in [2.75, 3.05) is 0 Å². The van der Waals surface area contributed by atoms with Gasteiger partial charge in [0.2, 0.25) is 0 Å². The van der Waals surface area contributed by atoms with Crippen LogP contribution in [0.5, 0.6) is 0 Å². The Morgan fingerprint density at radius 2 is 1.00 bits per heavy atom. The molecule has 6 N–H and O–H groups in total. The summed E-state index contributed by atoms with van der Waals surface area (Å²) in [5.41, 5.74) is 10.9. The Morgan fingerprint density at radius 3 is 1.06 bits per heavy atom. The highest BCUT2D eigenvalue weighted by atomic mass is 35.5. The Bertz CT molecular complexity index is 141. The van der Waals surface area contributed by atoms with Gasteiger partial charge in [0.15, 0.2) is 0 Å². The minimum Gasteiger partial charge on any atom is -0.393 e. The van der Waals surface area contributed by atoms with E-state index in [-0.39, 0.29) is 49.1 Å². The van der Waals surface area contributed by atoms with Crippen molar-refractivity contribution in [1.29, 1.82) is 0 Å². The summed E-state index contributed by atoms with van der Waals surface area (Å²) in [6.45, 7) is 0. The zero-order valence-corrected chi connectivity index (χ0v) is 11.1. The van der Waals surface area contributed by atoms with E-state index >= 15 is 0 Å². The van der Waals surface area contributed by atoms with E-state index in [4.69, 9.17) is 21.7 Å². The molecule has 2 fully saturated rings. The molecule has 0 radical (unpaired) electrons. The van der Waals surface area contributed by atoms with Gasteiger partial charge < -0.3 is 21.7 Å². The molecule has 0 amide bonds. The third kappa shape index (κ3) is 7.65. The average molecular weight is 275 g/mol. The van der Waals surface area contributed by atoms with E-state index in [1.165, 1.54) is 0 Å². The summed E-state index contributed by atoms with van der Waals surface area (Å²) in [6, 6.07) is 0.546. The van der Waals surface area contributed by atoms with E-state index < -0.39 is 0 Å². The Labute approximate surface area is 110 Å². The molecule has 4 nitrogen and oxygen atoms in total. The van der Waals surface area contributed by atoms with E-state index in [2.05, 4.69) is 0 Å². The molecule has 0 spiro atoms. The highest BCUT2D eigenvalue weighted by Gasteiger charge is 2.18. The zero-order chi connectivity index (χ0) is 10.6. The van der Waals surface area contributed by atoms with E-state index in [0.717, 1.165) is 38.5 Å². The molecule has 0 heterocycles. The van der Waals surface area contributed by atoms with Crippen LogP contribution < -0.4 is 11.5 Å². The predicted octanol–water partition coefficient (Wildman–Crippen LogP) is 0.561. The number of rotatable bonds is 0. The number of aliphatic hydroxyl groups is 2. The molecule has 4 atom stereocenters. The van der Waals surface area contributed by atoms with Crippen molar-refractivity contribution in [2.24, 2.45) is 11.5 Å². The van der Waals surface area contributed by atoms with Crippen molar-refractivity contribution in [3.63, 3.8) is 0 Å². The first-order chi connectivity index (χ1) is 6.58. The van der Waals surface area contributed by atoms with Gasteiger partial charge >= 0.3 is 0 Å². The molecule has 0 unspecified atom stereocenters. The second-order valence-electron chi connectivity index (χ2n) is 4.45. The molecule has 100 valence electrons. The first kappa shape index (κ1) is 18.8. The fourth-order valence-corrected chi connectivity index (χ4v) is 1.98. The van der Waals surface area contributed by atoms with Gasteiger partial charge in [-0.3, -0.25) is 0 Å². The van der Waals surface area contributed by atoms with Gasteiger partial charge in [0.1, 0.15) is 0 Å². The van der Waals surface area contributed by atoms with Crippen molar-refractivity contribution >= 4 is 24.8 Å². The fourth-order valence-electron chi connectivity index (χ4n) is 1.98. The van der Waals surface area contributed by atoms with E-state index in [1.807, 2.05) is 0 Å². The number of halogens is 2. The third-order valence-electron chi connectivity index (χ3n) is 2.89. The van der Waals surface area contributed by atoms with Crippen molar-refractivity contribution in [3.8, 4) is 0 Å². The van der Waals surface area contributed by atoms with Crippen LogP contribution in [0, 0.1) is 0 Å². The van der Waals surface area contributed by atoms with Crippen LogP contribution in [0.2, 0.25) is 0 Å². The zero-order valence-electron chi connectivity index (χ0n) is 9.42. The van der Waals surface area contributed by atoms with Gasteiger partial charge in [-0.05, 0) is 38.5 Å². The fraction of sp³-hybridized carbons (Fsp3) is 1.00. The second kappa shape index (κ2) is 9.45. The lowest BCUT2D eigenvalue weighted by atomic mass is 10.3. The van der Waals surface area contributed by atoms with Gasteiger partial charge in [0, 0.05) is 12.1 Å². The smallest absolute Gasteiger partial charge is 0.0555 e. The maximum Gasteiger partial charge on any atom is 0.0555 e. The van der Waals surface area contributed by atoms with Gasteiger partial charge in [-0.15, -0.1) is 24.8 Å². The molecule has 0 aliphatic heterocycles. The molecule has 0 saturated heterocycles. The van der Waals surface area contributed by atoms with Gasteiger partial charge in [-0.1, -0.05) is 0 Å². The summed E-state index contributed by atoms with van der Waals surface area (Å²) < 4.78 is 0. The number of aliphatic hydroxyl groups excluding tert-OH is 2. The van der Waals surface area contributed by atoms with Crippen LogP contribution >= 0.6 is 24.8 Å². The number of hydrogen-bond donors (Lipinski definition) is 4. The van der Waals surface area contributed by atoms with Crippen molar-refractivity contribution in [3.05, 3.63) is 0 Å². The molecule has 2 aliphatic rings. The predicted molar refractivity (Wildman–Crippen MR) is 70.2 cm³/mol. The maximum atomic E-state index is 8.82. The van der Waals surface area contributed by atoms with Crippen LogP contribution in [-0.2, 0) is 0 Å². The standard InChI is InChI=1S/2C5H11NO.2ClH/c2*6-4-1-2-5(7)3-4;;/h2*4-5,7H,1-3,6H2;2*1H/t2*4-,5+;;/m00../s1. The molecule has 2 saturated carbocycles. The molecule has 0 aromatic heterocycles. The van der Waals surface area contributed by atoms with Crippen LogP contribution in [0.15, 0.2) is 0 Å². The molecule has 0 aromatic carbocycles. The molecular weight excluding hydrogens is 251 g/mol. The Kier molecular flexibility index (Phi) is 11.1. The van der Waals surface area contributed by atoms with Gasteiger partial charge in [0.05, 0.1) is 12.2 Å². The van der Waals surface area contributed by atoms with Crippen molar-refractivity contribution in [1.82, 2.24) is 0 Å². The molecule has 2 aliphatic carbocycles. The molecule has 2 rings (SSSR count). The topological polar surface area (TPSA) is 92.5 Å². The largest absolute Gasteiger partial charge is 0.393 e. The lowest BCUT2D eigenvalue weighted by Crippen LogP contribution is -2.15. The second-order valence-corrected chi connectivity index (χ2v) is 4.45.